The number of carbonyl (C=O) groups is 2. The van der Waals surface area contributed by atoms with Gasteiger partial charge in [-0.2, -0.15) is 0 Å². The van der Waals surface area contributed by atoms with Crippen molar-refractivity contribution in [2.24, 2.45) is 0 Å². The minimum absolute atomic E-state index is 0.211. The normalized spacial score (nSPS) is 9.65. The van der Waals surface area contributed by atoms with E-state index in [9.17, 15) is 9.59 Å². The molecule has 0 saturated heterocycles. The van der Waals surface area contributed by atoms with E-state index in [1.165, 1.54) is 21.1 Å². The van der Waals surface area contributed by atoms with Crippen LogP contribution in [0, 0.1) is 6.92 Å². The van der Waals surface area contributed by atoms with Crippen LogP contribution in [-0.4, -0.2) is 26.4 Å². The number of rotatable bonds is 4. The molecule has 0 saturated carbocycles. The molecular weight excluding hydrogens is 222 g/mol. The first kappa shape index (κ1) is 13.0. The molecule has 5 heteroatoms. The Labute approximate surface area is 99.7 Å². The Morgan fingerprint density at radius 2 is 2.00 bits per heavy atom. The van der Waals surface area contributed by atoms with E-state index >= 15 is 0 Å². The number of benzene rings is 1. The molecule has 0 spiro atoms. The van der Waals surface area contributed by atoms with Crippen LogP contribution in [0.1, 0.15) is 22.8 Å². The highest BCUT2D eigenvalue weighted by Crippen LogP contribution is 2.36. The third-order valence-corrected chi connectivity index (χ3v) is 2.40. The number of aldehydes is 1. The van der Waals surface area contributed by atoms with Crippen LogP contribution in [0.5, 0.6) is 11.5 Å². The third kappa shape index (κ3) is 2.55. The van der Waals surface area contributed by atoms with Crippen molar-refractivity contribution in [2.45, 2.75) is 13.8 Å². The summed E-state index contributed by atoms with van der Waals surface area (Å²) in [7, 11) is 2.93. The number of carbonyl (C=O) groups excluding carboxylic acids is 2. The van der Waals surface area contributed by atoms with Gasteiger partial charge in [0.25, 0.3) is 0 Å². The zero-order valence-electron chi connectivity index (χ0n) is 10.3. The number of hydrogen-bond donors (Lipinski definition) is 1. The van der Waals surface area contributed by atoms with E-state index in [1.54, 1.807) is 13.0 Å². The Morgan fingerprint density at radius 1 is 1.35 bits per heavy atom. The van der Waals surface area contributed by atoms with E-state index in [0.717, 1.165) is 0 Å². The molecule has 1 aromatic rings. The Kier molecular flexibility index (Phi) is 4.09. The van der Waals surface area contributed by atoms with Crippen LogP contribution in [0.3, 0.4) is 0 Å². The highest BCUT2D eigenvalue weighted by Gasteiger charge is 2.16. The first-order valence-corrected chi connectivity index (χ1v) is 5.03. The van der Waals surface area contributed by atoms with Crippen molar-refractivity contribution in [1.29, 1.82) is 0 Å². The standard InChI is InChI=1S/C12H15NO4/c1-7-9(6-14)12(17-4)11(16-3)5-10(7)13-8(2)15/h5-6H,1-4H3,(H,13,15). The summed E-state index contributed by atoms with van der Waals surface area (Å²) in [6.07, 6.45) is 0.683. The average Bonchev–Trinajstić information content (AvgIpc) is 2.30. The first-order chi connectivity index (χ1) is 8.04. The lowest BCUT2D eigenvalue weighted by atomic mass is 10.1. The second-order valence-corrected chi connectivity index (χ2v) is 3.50. The minimum atomic E-state index is -0.211. The van der Waals surface area contributed by atoms with Crippen molar-refractivity contribution in [3.05, 3.63) is 17.2 Å². The molecule has 0 atom stereocenters. The van der Waals surface area contributed by atoms with Gasteiger partial charge in [0.2, 0.25) is 5.91 Å². The lowest BCUT2D eigenvalue weighted by Gasteiger charge is -2.15. The average molecular weight is 237 g/mol. The summed E-state index contributed by atoms with van der Waals surface area (Å²) in [5.74, 6) is 0.565. The predicted molar refractivity (Wildman–Crippen MR) is 64.0 cm³/mol. The lowest BCUT2D eigenvalue weighted by Crippen LogP contribution is -2.09. The summed E-state index contributed by atoms with van der Waals surface area (Å²) in [5.41, 5.74) is 1.56. The fourth-order valence-electron chi connectivity index (χ4n) is 1.58. The Morgan fingerprint density at radius 3 is 2.41 bits per heavy atom. The number of nitrogens with one attached hydrogen (secondary N) is 1. The number of ether oxygens (including phenoxy) is 2. The maximum atomic E-state index is 11.1. The third-order valence-electron chi connectivity index (χ3n) is 2.40. The van der Waals surface area contributed by atoms with E-state index < -0.39 is 0 Å². The minimum Gasteiger partial charge on any atom is -0.493 e. The van der Waals surface area contributed by atoms with Crippen LogP contribution < -0.4 is 14.8 Å². The second kappa shape index (κ2) is 5.34. The molecule has 0 aliphatic heterocycles. The van der Waals surface area contributed by atoms with E-state index in [0.29, 0.717) is 34.6 Å². The Hall–Kier alpha value is -2.04. The molecular formula is C12H15NO4. The molecule has 0 aliphatic carbocycles. The van der Waals surface area contributed by atoms with Crippen molar-refractivity contribution >= 4 is 17.9 Å². The first-order valence-electron chi connectivity index (χ1n) is 5.03. The highest BCUT2D eigenvalue weighted by atomic mass is 16.5. The van der Waals surface area contributed by atoms with Crippen LogP contribution in [0.2, 0.25) is 0 Å². The summed E-state index contributed by atoms with van der Waals surface area (Å²) in [6.45, 7) is 3.13. The SMILES string of the molecule is COc1cc(NC(C)=O)c(C)c(C=O)c1OC. The van der Waals surface area contributed by atoms with Gasteiger partial charge in [-0.25, -0.2) is 0 Å². The molecule has 17 heavy (non-hydrogen) atoms. The molecule has 0 unspecified atom stereocenters. The zero-order chi connectivity index (χ0) is 13.0. The molecule has 5 nitrogen and oxygen atoms in total. The van der Waals surface area contributed by atoms with Gasteiger partial charge in [0.05, 0.1) is 19.8 Å². The van der Waals surface area contributed by atoms with Crippen LogP contribution in [0.4, 0.5) is 5.69 Å². The molecule has 0 bridgehead atoms. The van der Waals surface area contributed by atoms with Crippen molar-refractivity contribution in [3.8, 4) is 11.5 Å². The van der Waals surface area contributed by atoms with Gasteiger partial charge in [0.1, 0.15) is 0 Å². The largest absolute Gasteiger partial charge is 0.493 e. The molecule has 1 aromatic carbocycles. The van der Waals surface area contributed by atoms with Gasteiger partial charge in [0.15, 0.2) is 17.8 Å². The molecule has 1 amide bonds. The molecule has 0 heterocycles. The predicted octanol–water partition coefficient (Wildman–Crippen LogP) is 1.78. The maximum absolute atomic E-state index is 11.1. The summed E-state index contributed by atoms with van der Waals surface area (Å²) < 4.78 is 10.3. The highest BCUT2D eigenvalue weighted by molar-refractivity contribution is 5.94. The van der Waals surface area contributed by atoms with Gasteiger partial charge < -0.3 is 14.8 Å². The Balaban J connectivity index is 3.44. The summed E-state index contributed by atoms with van der Waals surface area (Å²) in [6, 6.07) is 1.63. The van der Waals surface area contributed by atoms with Gasteiger partial charge in [-0.1, -0.05) is 0 Å². The monoisotopic (exact) mass is 237 g/mol. The molecule has 0 fully saturated rings. The molecule has 92 valence electrons. The topological polar surface area (TPSA) is 64.6 Å². The maximum Gasteiger partial charge on any atom is 0.221 e. The van der Waals surface area contributed by atoms with Gasteiger partial charge in [-0.05, 0) is 12.5 Å². The smallest absolute Gasteiger partial charge is 0.221 e. The number of amides is 1. The van der Waals surface area contributed by atoms with Crippen molar-refractivity contribution < 1.29 is 19.1 Å². The van der Waals surface area contributed by atoms with Gasteiger partial charge in [-0.15, -0.1) is 0 Å². The fraction of sp³-hybridized carbons (Fsp3) is 0.333. The van der Waals surface area contributed by atoms with Crippen molar-refractivity contribution in [1.82, 2.24) is 0 Å². The number of anilines is 1. The van der Waals surface area contributed by atoms with Gasteiger partial charge >= 0.3 is 0 Å². The lowest BCUT2D eigenvalue weighted by molar-refractivity contribution is -0.114. The van der Waals surface area contributed by atoms with Crippen LogP contribution >= 0.6 is 0 Å². The molecule has 1 N–H and O–H groups in total. The summed E-state index contributed by atoms with van der Waals surface area (Å²) >= 11 is 0. The zero-order valence-corrected chi connectivity index (χ0v) is 10.3. The number of methoxy groups -OCH3 is 2. The van der Waals surface area contributed by atoms with E-state index in [4.69, 9.17) is 9.47 Å². The number of hydrogen-bond acceptors (Lipinski definition) is 4. The second-order valence-electron chi connectivity index (χ2n) is 3.50. The van der Waals surface area contributed by atoms with E-state index in [-0.39, 0.29) is 5.91 Å². The Bertz CT molecular complexity index is 454. The van der Waals surface area contributed by atoms with E-state index in [2.05, 4.69) is 5.32 Å². The van der Waals surface area contributed by atoms with Crippen LogP contribution in [0.15, 0.2) is 6.07 Å². The molecule has 0 aromatic heterocycles. The van der Waals surface area contributed by atoms with Crippen LogP contribution in [-0.2, 0) is 4.79 Å². The van der Waals surface area contributed by atoms with Gasteiger partial charge in [-0.3, -0.25) is 9.59 Å². The molecule has 1 rings (SSSR count). The van der Waals surface area contributed by atoms with Crippen LogP contribution in [0.25, 0.3) is 0 Å². The molecule has 0 aliphatic rings. The van der Waals surface area contributed by atoms with Gasteiger partial charge in [0, 0.05) is 18.7 Å². The fourth-order valence-corrected chi connectivity index (χ4v) is 1.58. The van der Waals surface area contributed by atoms with E-state index in [1.807, 2.05) is 0 Å². The van der Waals surface area contributed by atoms with Crippen molar-refractivity contribution in [2.75, 3.05) is 19.5 Å². The summed E-state index contributed by atoms with van der Waals surface area (Å²) in [5, 5.41) is 2.64. The van der Waals surface area contributed by atoms with Crippen molar-refractivity contribution in [3.63, 3.8) is 0 Å². The summed E-state index contributed by atoms with van der Waals surface area (Å²) in [4.78, 5) is 22.1. The molecule has 0 radical (unpaired) electrons. The quantitative estimate of drug-likeness (QED) is 0.811.